The van der Waals surface area contributed by atoms with Gasteiger partial charge in [-0.2, -0.15) is 10.3 Å². The van der Waals surface area contributed by atoms with Gasteiger partial charge in [0.05, 0.1) is 11.1 Å². The molecule has 0 saturated carbocycles. The number of anilines is 1. The number of nitrogens with zero attached hydrogens (tertiary/aromatic N) is 4. The molecule has 0 aliphatic heterocycles. The molecule has 3 heterocycles. The third-order valence-corrected chi connectivity index (χ3v) is 2.94. The predicted octanol–water partition coefficient (Wildman–Crippen LogP) is 0.541. The summed E-state index contributed by atoms with van der Waals surface area (Å²) in [5.74, 6) is 0.251. The minimum Gasteiger partial charge on any atom is -0.384 e. The number of nitrogens with one attached hydrogen (secondary N) is 1. The lowest BCUT2D eigenvalue weighted by Crippen LogP contribution is -1.97. The zero-order valence-corrected chi connectivity index (χ0v) is 9.01. The van der Waals surface area contributed by atoms with Crippen LogP contribution in [0, 0.1) is 0 Å². The fourth-order valence-electron chi connectivity index (χ4n) is 2.12. The van der Waals surface area contributed by atoms with Crippen LogP contribution in [0.15, 0.2) is 18.2 Å². The van der Waals surface area contributed by atoms with Crippen molar-refractivity contribution in [3.8, 4) is 11.4 Å². The fraction of sp³-hybridized carbons (Fsp3) is 0. The Kier molecular flexibility index (Phi) is 1.48. The Balaban J connectivity index is 2.13. The van der Waals surface area contributed by atoms with E-state index in [0.29, 0.717) is 39.5 Å². The van der Waals surface area contributed by atoms with E-state index >= 15 is 0 Å². The lowest BCUT2D eigenvalue weighted by Gasteiger charge is -1.98. The highest BCUT2D eigenvalue weighted by Crippen LogP contribution is 2.35. The van der Waals surface area contributed by atoms with Crippen LogP contribution in [0.3, 0.4) is 0 Å². The highest BCUT2D eigenvalue weighted by atomic mass is 16.1. The summed E-state index contributed by atoms with van der Waals surface area (Å²) >= 11 is 0. The number of aromatic nitrogens is 5. The van der Waals surface area contributed by atoms with E-state index in [1.165, 1.54) is 0 Å². The first-order valence-corrected chi connectivity index (χ1v) is 5.27. The standard InChI is InChI=1S/C11H6N6O/c12-7-2-1-4-8(13-7)9-5(10(4)18)3-6-11(14-9)16-17-15-6/h1-3H,(H2,12,13)(H,14,15,16,17). The molecule has 1 aliphatic rings. The Labute approximate surface area is 100 Å². The number of hydrogen-bond donors (Lipinski definition) is 2. The summed E-state index contributed by atoms with van der Waals surface area (Å²) in [7, 11) is 0. The number of pyridine rings is 2. The van der Waals surface area contributed by atoms with Crippen molar-refractivity contribution < 1.29 is 4.79 Å². The van der Waals surface area contributed by atoms with E-state index in [2.05, 4.69) is 25.4 Å². The van der Waals surface area contributed by atoms with Gasteiger partial charge in [0, 0.05) is 0 Å². The molecule has 0 atom stereocenters. The Hall–Kier alpha value is -2.83. The quantitative estimate of drug-likeness (QED) is 0.462. The van der Waals surface area contributed by atoms with Crippen LogP contribution in [0.5, 0.6) is 0 Å². The second-order valence-electron chi connectivity index (χ2n) is 4.01. The molecule has 7 nitrogen and oxygen atoms in total. The molecule has 0 bridgehead atoms. The van der Waals surface area contributed by atoms with Crippen LogP contribution in [-0.4, -0.2) is 31.2 Å². The number of carbonyl (C=O) groups excluding carboxylic acids is 1. The zero-order chi connectivity index (χ0) is 12.3. The first kappa shape index (κ1) is 9.23. The molecular weight excluding hydrogens is 232 g/mol. The maximum absolute atomic E-state index is 12.2. The molecule has 0 unspecified atom stereocenters. The molecule has 0 radical (unpaired) electrons. The van der Waals surface area contributed by atoms with Crippen molar-refractivity contribution in [2.24, 2.45) is 0 Å². The number of H-pyrrole nitrogens is 1. The molecule has 0 saturated heterocycles. The van der Waals surface area contributed by atoms with E-state index in [0.717, 1.165) is 0 Å². The van der Waals surface area contributed by atoms with Crippen LogP contribution >= 0.6 is 0 Å². The molecule has 0 fully saturated rings. The Morgan fingerprint density at radius 3 is 2.78 bits per heavy atom. The Bertz CT molecular complexity index is 822. The van der Waals surface area contributed by atoms with Gasteiger partial charge in [-0.05, 0) is 18.2 Å². The Morgan fingerprint density at radius 2 is 1.89 bits per heavy atom. The molecular formula is C11H6N6O. The van der Waals surface area contributed by atoms with E-state index in [4.69, 9.17) is 5.73 Å². The largest absolute Gasteiger partial charge is 0.384 e. The summed E-state index contributed by atoms with van der Waals surface area (Å²) in [5, 5.41) is 10.3. The van der Waals surface area contributed by atoms with Gasteiger partial charge < -0.3 is 5.73 Å². The number of nitrogen functional groups attached to an aromatic ring is 1. The van der Waals surface area contributed by atoms with Crippen LogP contribution in [0.2, 0.25) is 0 Å². The minimum atomic E-state index is -0.107. The predicted molar refractivity (Wildman–Crippen MR) is 62.8 cm³/mol. The number of nitrogens with two attached hydrogens (primary N) is 1. The SMILES string of the molecule is Nc1ccc2c(n1)-c1nc3n[nH]nc3cc1C2=O. The number of fused-ring (bicyclic) bond motifs is 4. The summed E-state index contributed by atoms with van der Waals surface area (Å²) < 4.78 is 0. The smallest absolute Gasteiger partial charge is 0.202 e. The van der Waals surface area contributed by atoms with Gasteiger partial charge in [0.15, 0.2) is 5.78 Å². The molecule has 1 aliphatic carbocycles. The molecule has 86 valence electrons. The molecule has 7 heteroatoms. The van der Waals surface area contributed by atoms with Crippen molar-refractivity contribution in [3.05, 3.63) is 29.3 Å². The first-order valence-electron chi connectivity index (χ1n) is 5.27. The summed E-state index contributed by atoms with van der Waals surface area (Å²) in [6.45, 7) is 0. The van der Waals surface area contributed by atoms with Crippen molar-refractivity contribution in [2.45, 2.75) is 0 Å². The number of aromatic amines is 1. The van der Waals surface area contributed by atoms with Crippen LogP contribution in [-0.2, 0) is 0 Å². The van der Waals surface area contributed by atoms with Gasteiger partial charge in [0.1, 0.15) is 22.7 Å². The van der Waals surface area contributed by atoms with Gasteiger partial charge in [-0.3, -0.25) is 4.79 Å². The van der Waals surface area contributed by atoms with Crippen LogP contribution in [0.1, 0.15) is 15.9 Å². The highest BCUT2D eigenvalue weighted by molar-refractivity contribution is 6.21. The van der Waals surface area contributed by atoms with Gasteiger partial charge in [0.25, 0.3) is 0 Å². The number of carbonyl (C=O) groups is 1. The van der Waals surface area contributed by atoms with E-state index < -0.39 is 0 Å². The second-order valence-corrected chi connectivity index (χ2v) is 4.01. The molecule has 3 aromatic heterocycles. The topological polar surface area (TPSA) is 110 Å². The van der Waals surface area contributed by atoms with Gasteiger partial charge in [-0.15, -0.1) is 5.10 Å². The van der Waals surface area contributed by atoms with Crippen molar-refractivity contribution in [2.75, 3.05) is 5.73 Å². The molecule has 3 aromatic rings. The monoisotopic (exact) mass is 238 g/mol. The second kappa shape index (κ2) is 2.89. The number of ketones is 1. The van der Waals surface area contributed by atoms with Crippen molar-refractivity contribution in [1.29, 1.82) is 0 Å². The molecule has 0 amide bonds. The van der Waals surface area contributed by atoms with Crippen molar-refractivity contribution >= 4 is 22.8 Å². The third kappa shape index (κ3) is 1.000. The van der Waals surface area contributed by atoms with E-state index in [-0.39, 0.29) is 5.78 Å². The van der Waals surface area contributed by atoms with Gasteiger partial charge in [-0.25, -0.2) is 9.97 Å². The molecule has 0 spiro atoms. The first-order chi connectivity index (χ1) is 8.74. The van der Waals surface area contributed by atoms with Crippen molar-refractivity contribution in [1.82, 2.24) is 25.4 Å². The summed E-state index contributed by atoms with van der Waals surface area (Å²) in [6, 6.07) is 4.94. The molecule has 18 heavy (non-hydrogen) atoms. The van der Waals surface area contributed by atoms with E-state index in [1.54, 1.807) is 18.2 Å². The number of hydrogen-bond acceptors (Lipinski definition) is 6. The fourth-order valence-corrected chi connectivity index (χ4v) is 2.12. The highest BCUT2D eigenvalue weighted by Gasteiger charge is 2.30. The zero-order valence-electron chi connectivity index (χ0n) is 9.01. The normalized spacial score (nSPS) is 12.8. The average Bonchev–Trinajstić information content (AvgIpc) is 2.92. The maximum atomic E-state index is 12.2. The maximum Gasteiger partial charge on any atom is 0.202 e. The van der Waals surface area contributed by atoms with Gasteiger partial charge in [0.2, 0.25) is 5.65 Å². The van der Waals surface area contributed by atoms with Crippen molar-refractivity contribution in [3.63, 3.8) is 0 Å². The van der Waals surface area contributed by atoms with Crippen LogP contribution in [0.4, 0.5) is 5.82 Å². The van der Waals surface area contributed by atoms with Gasteiger partial charge in [-0.1, -0.05) is 0 Å². The summed E-state index contributed by atoms with van der Waals surface area (Å²) in [5.41, 5.74) is 8.70. The molecule has 0 aromatic carbocycles. The third-order valence-electron chi connectivity index (χ3n) is 2.94. The lowest BCUT2D eigenvalue weighted by molar-refractivity contribution is 0.104. The Morgan fingerprint density at radius 1 is 1.06 bits per heavy atom. The van der Waals surface area contributed by atoms with Crippen LogP contribution in [0.25, 0.3) is 22.6 Å². The summed E-state index contributed by atoms with van der Waals surface area (Å²) in [4.78, 5) is 20.7. The molecule has 3 N–H and O–H groups in total. The van der Waals surface area contributed by atoms with E-state index in [1.807, 2.05) is 0 Å². The van der Waals surface area contributed by atoms with E-state index in [9.17, 15) is 4.79 Å². The summed E-state index contributed by atoms with van der Waals surface area (Å²) in [6.07, 6.45) is 0. The minimum absolute atomic E-state index is 0.107. The number of rotatable bonds is 0. The van der Waals surface area contributed by atoms with Crippen LogP contribution < -0.4 is 5.73 Å². The average molecular weight is 238 g/mol. The van der Waals surface area contributed by atoms with Gasteiger partial charge >= 0.3 is 0 Å². The lowest BCUT2D eigenvalue weighted by atomic mass is 10.1. The molecule has 4 rings (SSSR count).